The van der Waals surface area contributed by atoms with Gasteiger partial charge in [0.2, 0.25) is 5.82 Å². The van der Waals surface area contributed by atoms with Gasteiger partial charge in [0.05, 0.1) is 12.3 Å². The lowest BCUT2D eigenvalue weighted by molar-refractivity contribution is 0.0513. The maximum absolute atomic E-state index is 12.6. The Morgan fingerprint density at radius 3 is 2.47 bits per heavy atom. The average Bonchev–Trinajstić information content (AvgIpc) is 3.43. The first kappa shape index (κ1) is 21.4. The first-order chi connectivity index (χ1) is 15.6. The number of aromatic nitrogens is 6. The summed E-state index contributed by atoms with van der Waals surface area (Å²) in [5.41, 5.74) is 5.30. The molecule has 0 amide bonds. The number of nitrogens with zero attached hydrogens (tertiary/aromatic N) is 5. The number of nitrogens with one attached hydrogen (secondary N) is 1. The number of benzene rings is 2. The molecule has 32 heavy (non-hydrogen) atoms. The highest BCUT2D eigenvalue weighted by molar-refractivity contribution is 5.89. The van der Waals surface area contributed by atoms with Gasteiger partial charge in [-0.05, 0) is 42.2 Å². The summed E-state index contributed by atoms with van der Waals surface area (Å²) in [4.78, 5) is 17.2. The Balaban J connectivity index is 1.65. The average molecular weight is 431 g/mol. The van der Waals surface area contributed by atoms with E-state index in [1.54, 1.807) is 0 Å². The number of aryl methyl sites for hydroxylation is 2. The van der Waals surface area contributed by atoms with Crippen LogP contribution in [0, 0.1) is 6.92 Å². The topological polar surface area (TPSA) is 98.6 Å². The first-order valence-electron chi connectivity index (χ1n) is 10.8. The van der Waals surface area contributed by atoms with Crippen molar-refractivity contribution in [3.05, 3.63) is 71.3 Å². The van der Waals surface area contributed by atoms with Crippen molar-refractivity contribution in [1.82, 2.24) is 30.2 Å². The molecule has 0 aliphatic heterocycles. The highest BCUT2D eigenvalue weighted by atomic mass is 16.5. The third-order valence-corrected chi connectivity index (χ3v) is 5.28. The SMILES string of the molecule is CCCc1nc(C)c(C(=O)OCC)n1Cc1ccc(-c2ccccc2-c2nn[nH]n2)cc1. The number of tetrazole rings is 1. The third kappa shape index (κ3) is 4.30. The summed E-state index contributed by atoms with van der Waals surface area (Å²) in [6.07, 6.45) is 1.75. The number of H-pyrrole nitrogens is 1. The van der Waals surface area contributed by atoms with Crippen molar-refractivity contribution in [2.24, 2.45) is 0 Å². The van der Waals surface area contributed by atoms with Gasteiger partial charge in [0.15, 0.2) is 5.69 Å². The molecule has 2 aromatic heterocycles. The summed E-state index contributed by atoms with van der Waals surface area (Å²) < 4.78 is 7.27. The summed E-state index contributed by atoms with van der Waals surface area (Å²) in [5, 5.41) is 14.4. The largest absolute Gasteiger partial charge is 0.461 e. The summed E-state index contributed by atoms with van der Waals surface area (Å²) in [5.74, 6) is 1.13. The number of ether oxygens (including phenoxy) is 1. The maximum Gasteiger partial charge on any atom is 0.356 e. The third-order valence-electron chi connectivity index (χ3n) is 5.28. The van der Waals surface area contributed by atoms with Gasteiger partial charge >= 0.3 is 5.97 Å². The Morgan fingerprint density at radius 1 is 1.06 bits per heavy atom. The predicted octanol–water partition coefficient (Wildman–Crippen LogP) is 4.22. The van der Waals surface area contributed by atoms with Crippen LogP contribution < -0.4 is 0 Å². The smallest absolute Gasteiger partial charge is 0.356 e. The van der Waals surface area contributed by atoms with Gasteiger partial charge in [0.25, 0.3) is 0 Å². The molecule has 0 aliphatic carbocycles. The lowest BCUT2D eigenvalue weighted by atomic mass is 9.98. The number of carbonyl (C=O) groups excluding carboxylic acids is 1. The van der Waals surface area contributed by atoms with E-state index < -0.39 is 0 Å². The molecule has 0 bridgehead atoms. The first-order valence-corrected chi connectivity index (χ1v) is 10.8. The normalized spacial score (nSPS) is 11.0. The van der Waals surface area contributed by atoms with E-state index in [-0.39, 0.29) is 5.97 Å². The zero-order valence-electron chi connectivity index (χ0n) is 18.5. The van der Waals surface area contributed by atoms with Gasteiger partial charge in [0.1, 0.15) is 5.82 Å². The second-order valence-corrected chi connectivity index (χ2v) is 7.50. The molecule has 0 aliphatic rings. The maximum atomic E-state index is 12.6. The van der Waals surface area contributed by atoms with E-state index in [1.807, 2.05) is 42.7 Å². The summed E-state index contributed by atoms with van der Waals surface area (Å²) in [6.45, 7) is 6.67. The van der Waals surface area contributed by atoms with Gasteiger partial charge in [0, 0.05) is 18.5 Å². The van der Waals surface area contributed by atoms with Crippen LogP contribution in [0.3, 0.4) is 0 Å². The lowest BCUT2D eigenvalue weighted by Gasteiger charge is -2.13. The van der Waals surface area contributed by atoms with Gasteiger partial charge in [-0.25, -0.2) is 9.78 Å². The molecule has 0 spiro atoms. The van der Waals surface area contributed by atoms with Crippen molar-refractivity contribution < 1.29 is 9.53 Å². The second kappa shape index (κ2) is 9.55. The van der Waals surface area contributed by atoms with Crippen LogP contribution in [0.15, 0.2) is 48.5 Å². The molecule has 4 rings (SSSR count). The van der Waals surface area contributed by atoms with E-state index in [1.165, 1.54) is 0 Å². The molecule has 0 radical (unpaired) electrons. The number of hydrogen-bond acceptors (Lipinski definition) is 6. The minimum atomic E-state index is -0.328. The van der Waals surface area contributed by atoms with Crippen molar-refractivity contribution in [3.63, 3.8) is 0 Å². The molecule has 0 fully saturated rings. The predicted molar refractivity (Wildman–Crippen MR) is 121 cm³/mol. The molecule has 0 saturated heterocycles. The number of hydrogen-bond donors (Lipinski definition) is 1. The standard InChI is InChI=1S/C24H26N6O2/c1-4-8-21-25-16(3)22(24(31)32-5-2)30(21)15-17-11-13-18(14-12-17)19-9-6-7-10-20(19)23-26-28-29-27-23/h6-7,9-14H,4-5,8,15H2,1-3H3,(H,26,27,28,29). The fourth-order valence-electron chi connectivity index (χ4n) is 3.85. The fraction of sp³-hybridized carbons (Fsp3) is 0.292. The molecule has 2 heterocycles. The summed E-state index contributed by atoms with van der Waals surface area (Å²) in [7, 11) is 0. The van der Waals surface area contributed by atoms with Crippen LogP contribution in [0.2, 0.25) is 0 Å². The molecule has 0 saturated carbocycles. The Bertz CT molecular complexity index is 1200. The van der Waals surface area contributed by atoms with Crippen LogP contribution in [-0.4, -0.2) is 42.8 Å². The molecule has 8 heteroatoms. The summed E-state index contributed by atoms with van der Waals surface area (Å²) >= 11 is 0. The fourth-order valence-corrected chi connectivity index (χ4v) is 3.85. The van der Waals surface area contributed by atoms with Gasteiger partial charge in [-0.1, -0.05) is 55.5 Å². The Labute approximate surface area is 186 Å². The lowest BCUT2D eigenvalue weighted by Crippen LogP contribution is -2.16. The van der Waals surface area contributed by atoms with Crippen molar-refractivity contribution in [2.45, 2.75) is 40.2 Å². The molecular weight excluding hydrogens is 404 g/mol. The monoisotopic (exact) mass is 430 g/mol. The van der Waals surface area contributed by atoms with Gasteiger partial charge < -0.3 is 9.30 Å². The number of esters is 1. The summed E-state index contributed by atoms with van der Waals surface area (Å²) in [6, 6.07) is 16.2. The van der Waals surface area contributed by atoms with E-state index in [0.717, 1.165) is 40.9 Å². The highest BCUT2D eigenvalue weighted by Crippen LogP contribution is 2.30. The zero-order valence-corrected chi connectivity index (χ0v) is 18.5. The molecule has 0 atom stereocenters. The Kier molecular flexibility index (Phi) is 6.39. The van der Waals surface area contributed by atoms with Crippen LogP contribution in [0.25, 0.3) is 22.5 Å². The van der Waals surface area contributed by atoms with E-state index in [0.29, 0.717) is 30.4 Å². The van der Waals surface area contributed by atoms with Crippen LogP contribution in [-0.2, 0) is 17.7 Å². The molecule has 2 aromatic carbocycles. The van der Waals surface area contributed by atoms with Crippen LogP contribution in [0.4, 0.5) is 0 Å². The van der Waals surface area contributed by atoms with Crippen molar-refractivity contribution in [3.8, 4) is 22.5 Å². The Morgan fingerprint density at radius 2 is 1.81 bits per heavy atom. The van der Waals surface area contributed by atoms with E-state index in [9.17, 15) is 4.79 Å². The molecule has 164 valence electrons. The molecule has 0 unspecified atom stereocenters. The molecule has 1 N–H and O–H groups in total. The number of rotatable bonds is 8. The van der Waals surface area contributed by atoms with Gasteiger partial charge in [-0.2, -0.15) is 5.21 Å². The molecule has 8 nitrogen and oxygen atoms in total. The van der Waals surface area contributed by atoms with Crippen LogP contribution in [0.1, 0.15) is 47.8 Å². The van der Waals surface area contributed by atoms with Gasteiger partial charge in [-0.3, -0.25) is 0 Å². The highest BCUT2D eigenvalue weighted by Gasteiger charge is 2.21. The molecular formula is C24H26N6O2. The van der Waals surface area contributed by atoms with Crippen molar-refractivity contribution in [1.29, 1.82) is 0 Å². The Hall–Kier alpha value is -3.81. The molecule has 4 aromatic rings. The zero-order chi connectivity index (χ0) is 22.5. The quantitative estimate of drug-likeness (QED) is 0.420. The number of aromatic amines is 1. The minimum Gasteiger partial charge on any atom is -0.461 e. The number of imidazole rings is 1. The van der Waals surface area contributed by atoms with E-state index >= 15 is 0 Å². The van der Waals surface area contributed by atoms with Crippen LogP contribution in [0.5, 0.6) is 0 Å². The second-order valence-electron chi connectivity index (χ2n) is 7.50. The number of carbonyl (C=O) groups is 1. The van der Waals surface area contributed by atoms with Gasteiger partial charge in [-0.15, -0.1) is 10.2 Å². The van der Waals surface area contributed by atoms with Crippen molar-refractivity contribution >= 4 is 5.97 Å². The van der Waals surface area contributed by atoms with E-state index in [2.05, 4.69) is 56.8 Å². The minimum absolute atomic E-state index is 0.328. The van der Waals surface area contributed by atoms with E-state index in [4.69, 9.17) is 4.74 Å². The van der Waals surface area contributed by atoms with Crippen molar-refractivity contribution in [2.75, 3.05) is 6.61 Å². The van der Waals surface area contributed by atoms with Crippen LogP contribution >= 0.6 is 0 Å².